The number of hydrogen-bond acceptors (Lipinski definition) is 2. The van der Waals surface area contributed by atoms with Gasteiger partial charge in [-0.25, -0.2) is 0 Å². The van der Waals surface area contributed by atoms with E-state index in [0.29, 0.717) is 0 Å². The van der Waals surface area contributed by atoms with E-state index >= 15 is 0 Å². The van der Waals surface area contributed by atoms with E-state index in [2.05, 4.69) is 15.9 Å². The first-order valence-corrected chi connectivity index (χ1v) is 3.09. The Morgan fingerprint density at radius 2 is 1.62 bits per heavy atom. The Bertz CT molecular complexity index is 61.4. The lowest BCUT2D eigenvalue weighted by Gasteiger charge is -1.76. The molecule has 0 aliphatic heterocycles. The third-order valence-electron chi connectivity index (χ3n) is 0.188. The molecule has 0 aromatic heterocycles. The molecule has 0 aliphatic rings. The fraction of sp³-hybridized carbons (Fsp3) is 0.600. The second-order valence-corrected chi connectivity index (χ2v) is 2.49. The molecule has 0 amide bonds. The molecular weight excluding hydrogens is 172 g/mol. The first kappa shape index (κ1) is 10.7. The number of carbonyl (C=O) groups excluding carboxylic acids is 2. The summed E-state index contributed by atoms with van der Waals surface area (Å²) in [7, 11) is 0. The molecule has 0 aromatic rings. The average molecular weight is 181 g/mol. The van der Waals surface area contributed by atoms with Crippen molar-refractivity contribution in [3.63, 3.8) is 0 Å². The molecule has 0 bridgehead atoms. The van der Waals surface area contributed by atoms with Crippen LogP contribution in [0.5, 0.6) is 0 Å². The quantitative estimate of drug-likeness (QED) is 0.449. The van der Waals surface area contributed by atoms with Crippen molar-refractivity contribution in [2.45, 2.75) is 18.7 Å². The van der Waals surface area contributed by atoms with Gasteiger partial charge in [0.25, 0.3) is 0 Å². The van der Waals surface area contributed by atoms with Crippen molar-refractivity contribution in [2.24, 2.45) is 0 Å². The second-order valence-electron chi connectivity index (χ2n) is 1.05. The fourth-order valence-corrected chi connectivity index (χ4v) is 0. The normalized spacial score (nSPS) is 10.4. The van der Waals surface area contributed by atoms with Gasteiger partial charge in [-0.1, -0.05) is 15.9 Å². The van der Waals surface area contributed by atoms with Crippen molar-refractivity contribution in [3.8, 4) is 0 Å². The Morgan fingerprint density at radius 3 is 1.62 bits per heavy atom. The van der Waals surface area contributed by atoms with Crippen LogP contribution in [0.15, 0.2) is 0 Å². The van der Waals surface area contributed by atoms with Crippen molar-refractivity contribution < 1.29 is 9.59 Å². The molecule has 0 aliphatic carbocycles. The largest absolute Gasteiger partial charge is 0.304 e. The van der Waals surface area contributed by atoms with Gasteiger partial charge in [0.1, 0.15) is 12.6 Å². The summed E-state index contributed by atoms with van der Waals surface area (Å²) < 4.78 is 0. The Morgan fingerprint density at radius 1 is 1.50 bits per heavy atom. The number of hydrogen-bond donors (Lipinski definition) is 0. The molecule has 0 saturated heterocycles. The van der Waals surface area contributed by atoms with Gasteiger partial charge in [0.2, 0.25) is 0 Å². The molecule has 2 nitrogen and oxygen atoms in total. The number of alkyl halides is 1. The third-order valence-corrected chi connectivity index (χ3v) is 0.403. The first-order valence-electron chi connectivity index (χ1n) is 2.18. The maximum Gasteiger partial charge on any atom is 0.133 e. The second kappa shape index (κ2) is 9.94. The van der Waals surface area contributed by atoms with E-state index in [4.69, 9.17) is 4.79 Å². The van der Waals surface area contributed by atoms with Gasteiger partial charge in [-0.15, -0.1) is 0 Å². The Kier molecular flexibility index (Phi) is 13.3. The van der Waals surface area contributed by atoms with Gasteiger partial charge in [0.15, 0.2) is 0 Å². The van der Waals surface area contributed by atoms with Crippen molar-refractivity contribution in [2.75, 3.05) is 0 Å². The van der Waals surface area contributed by atoms with Crippen LogP contribution in [0.4, 0.5) is 0 Å². The van der Waals surface area contributed by atoms with Crippen molar-refractivity contribution in [1.29, 1.82) is 0 Å². The summed E-state index contributed by atoms with van der Waals surface area (Å²) in [6, 6.07) is 0. The van der Waals surface area contributed by atoms with E-state index in [9.17, 15) is 4.79 Å². The van der Waals surface area contributed by atoms with E-state index < -0.39 is 0 Å². The third kappa shape index (κ3) is 40.8. The van der Waals surface area contributed by atoms with Crippen LogP contribution in [0, 0.1) is 0 Å². The molecule has 0 radical (unpaired) electrons. The van der Waals surface area contributed by atoms with Gasteiger partial charge < -0.3 is 9.59 Å². The zero-order valence-corrected chi connectivity index (χ0v) is 6.51. The smallest absolute Gasteiger partial charge is 0.133 e. The number of halogens is 1. The topological polar surface area (TPSA) is 34.1 Å². The van der Waals surface area contributed by atoms with E-state index in [-0.39, 0.29) is 4.83 Å². The Labute approximate surface area is 57.4 Å². The monoisotopic (exact) mass is 180 g/mol. The average Bonchev–Trinajstić information content (AvgIpc) is 1.69. The zero-order chi connectivity index (χ0) is 6.99. The maximum atomic E-state index is 9.46. The van der Waals surface area contributed by atoms with Crippen molar-refractivity contribution in [1.82, 2.24) is 0 Å². The lowest BCUT2D eigenvalue weighted by Crippen LogP contribution is -1.85. The maximum absolute atomic E-state index is 9.46. The van der Waals surface area contributed by atoms with Crippen LogP contribution in [0.2, 0.25) is 0 Å². The summed E-state index contributed by atoms with van der Waals surface area (Å²) in [5.41, 5.74) is 0. The molecule has 0 rings (SSSR count). The van der Waals surface area contributed by atoms with Gasteiger partial charge in [0, 0.05) is 0 Å². The van der Waals surface area contributed by atoms with Gasteiger partial charge in [0.05, 0.1) is 4.83 Å². The SMILES string of the molecule is CC(Br)C=O.CC=O. The highest BCUT2D eigenvalue weighted by Gasteiger charge is 1.82. The van der Waals surface area contributed by atoms with Gasteiger partial charge in [-0.2, -0.15) is 0 Å². The summed E-state index contributed by atoms with van der Waals surface area (Å²) in [6.45, 7) is 3.22. The first-order chi connectivity index (χ1) is 3.68. The van der Waals surface area contributed by atoms with Crippen LogP contribution in [0.1, 0.15) is 13.8 Å². The molecule has 8 heavy (non-hydrogen) atoms. The van der Waals surface area contributed by atoms with E-state index in [1.54, 1.807) is 6.92 Å². The molecule has 0 fully saturated rings. The number of rotatable bonds is 1. The highest BCUT2D eigenvalue weighted by Crippen LogP contribution is 1.87. The summed E-state index contributed by atoms with van der Waals surface area (Å²) in [5, 5.41) is 0. The zero-order valence-electron chi connectivity index (χ0n) is 4.93. The molecule has 3 heteroatoms. The van der Waals surface area contributed by atoms with Crippen molar-refractivity contribution >= 4 is 28.5 Å². The van der Waals surface area contributed by atoms with Crippen LogP contribution in [-0.2, 0) is 9.59 Å². The number of aldehydes is 2. The standard InChI is InChI=1S/C3H5BrO.C2H4O/c1-3(4)2-5;1-2-3/h2-3H,1H3;2H,1H3. The summed E-state index contributed by atoms with van der Waals surface area (Å²) in [4.78, 5) is 18.3. The molecule has 1 atom stereocenters. The predicted octanol–water partition coefficient (Wildman–Crippen LogP) is 1.17. The highest BCUT2D eigenvalue weighted by atomic mass is 79.9. The van der Waals surface area contributed by atoms with Crippen LogP contribution in [-0.4, -0.2) is 17.4 Å². The minimum atomic E-state index is 0.0162. The minimum absolute atomic E-state index is 0.0162. The Balaban J connectivity index is 0. The predicted molar refractivity (Wildman–Crippen MR) is 36.2 cm³/mol. The molecule has 0 N–H and O–H groups in total. The van der Waals surface area contributed by atoms with Gasteiger partial charge in [-0.3, -0.25) is 0 Å². The molecule has 0 saturated carbocycles. The molecule has 1 unspecified atom stereocenters. The van der Waals surface area contributed by atoms with Crippen LogP contribution >= 0.6 is 15.9 Å². The molecule has 48 valence electrons. The highest BCUT2D eigenvalue weighted by molar-refractivity contribution is 9.09. The molecular formula is C5H9BrO2. The van der Waals surface area contributed by atoms with E-state index in [1.165, 1.54) is 6.92 Å². The lowest BCUT2D eigenvalue weighted by molar-refractivity contribution is -0.107. The lowest BCUT2D eigenvalue weighted by atomic mass is 10.6. The summed E-state index contributed by atoms with van der Waals surface area (Å²) in [5.74, 6) is 0. The molecule has 0 heterocycles. The van der Waals surface area contributed by atoms with E-state index in [0.717, 1.165) is 12.6 Å². The van der Waals surface area contributed by atoms with Gasteiger partial charge >= 0.3 is 0 Å². The van der Waals surface area contributed by atoms with Crippen LogP contribution < -0.4 is 0 Å². The van der Waals surface area contributed by atoms with Crippen molar-refractivity contribution in [3.05, 3.63) is 0 Å². The Hall–Kier alpha value is -0.180. The van der Waals surface area contributed by atoms with Crippen LogP contribution in [0.25, 0.3) is 0 Å². The van der Waals surface area contributed by atoms with Crippen LogP contribution in [0.3, 0.4) is 0 Å². The molecule has 0 aromatic carbocycles. The fourth-order valence-electron chi connectivity index (χ4n) is 0. The molecule has 0 spiro atoms. The minimum Gasteiger partial charge on any atom is -0.304 e. The summed E-state index contributed by atoms with van der Waals surface area (Å²) >= 11 is 3.01. The van der Waals surface area contributed by atoms with Gasteiger partial charge in [-0.05, 0) is 13.8 Å². The van der Waals surface area contributed by atoms with E-state index in [1.807, 2.05) is 0 Å². The summed E-state index contributed by atoms with van der Waals surface area (Å²) in [6.07, 6.45) is 1.58. The number of carbonyl (C=O) groups is 2.